The maximum absolute atomic E-state index is 12.8. The summed E-state index contributed by atoms with van der Waals surface area (Å²) < 4.78 is 0. The van der Waals surface area contributed by atoms with Crippen molar-refractivity contribution in [2.45, 2.75) is 39.7 Å². The molecule has 6 nitrogen and oxygen atoms in total. The Bertz CT molecular complexity index is 510. The highest BCUT2D eigenvalue weighted by molar-refractivity contribution is 5.90. The number of piperidine rings is 1. The molecule has 0 N–H and O–H groups in total. The number of piperazine rings is 1. The summed E-state index contributed by atoms with van der Waals surface area (Å²) in [5, 5.41) is 0. The van der Waals surface area contributed by atoms with Gasteiger partial charge in [0.2, 0.25) is 17.7 Å². The van der Waals surface area contributed by atoms with Crippen molar-refractivity contribution in [1.82, 2.24) is 14.7 Å². The van der Waals surface area contributed by atoms with Crippen LogP contribution in [0.2, 0.25) is 0 Å². The molecule has 0 bridgehead atoms. The zero-order valence-electron chi connectivity index (χ0n) is 15.0. The van der Waals surface area contributed by atoms with Crippen molar-refractivity contribution in [2.75, 3.05) is 32.7 Å². The molecule has 2 rings (SSSR count). The van der Waals surface area contributed by atoms with E-state index < -0.39 is 6.04 Å². The number of hydrogen-bond acceptors (Lipinski definition) is 3. The molecule has 0 radical (unpaired) electrons. The third-order valence-electron chi connectivity index (χ3n) is 4.95. The average molecular weight is 335 g/mol. The highest BCUT2D eigenvalue weighted by Crippen LogP contribution is 2.23. The maximum atomic E-state index is 12.8. The quantitative estimate of drug-likeness (QED) is 0.724. The molecule has 3 amide bonds. The third-order valence-corrected chi connectivity index (χ3v) is 4.95. The molecule has 6 heteroatoms. The molecule has 134 valence electrons. The van der Waals surface area contributed by atoms with Gasteiger partial charge in [-0.1, -0.05) is 20.4 Å². The number of likely N-dealkylation sites (tertiary alicyclic amines) is 1. The molecule has 24 heavy (non-hydrogen) atoms. The van der Waals surface area contributed by atoms with Gasteiger partial charge in [-0.3, -0.25) is 14.4 Å². The van der Waals surface area contributed by atoms with Crippen LogP contribution in [0, 0.1) is 11.8 Å². The summed E-state index contributed by atoms with van der Waals surface area (Å²) in [5.41, 5.74) is 0. The van der Waals surface area contributed by atoms with E-state index in [2.05, 4.69) is 20.4 Å². The molecule has 0 aromatic carbocycles. The Hall–Kier alpha value is -1.85. The lowest BCUT2D eigenvalue weighted by Crippen LogP contribution is -2.59. The van der Waals surface area contributed by atoms with E-state index in [-0.39, 0.29) is 23.6 Å². The molecular weight excluding hydrogens is 306 g/mol. The fraction of sp³-hybridized carbons (Fsp3) is 0.722. The average Bonchev–Trinajstić information content (AvgIpc) is 2.57. The third kappa shape index (κ3) is 3.97. The van der Waals surface area contributed by atoms with E-state index in [1.54, 1.807) is 9.80 Å². The molecule has 2 aliphatic heterocycles. The van der Waals surface area contributed by atoms with Gasteiger partial charge in [-0.2, -0.15) is 0 Å². The molecule has 2 fully saturated rings. The van der Waals surface area contributed by atoms with E-state index in [1.807, 2.05) is 11.8 Å². The SMILES string of the molecule is C=CC(=O)N1CCC(C(=O)N2CCN(CC(C)C)C(=O)C2C)CC1. The zero-order valence-corrected chi connectivity index (χ0v) is 15.0. The van der Waals surface area contributed by atoms with E-state index in [0.29, 0.717) is 44.9 Å². The predicted octanol–water partition coefficient (Wildman–Crippen LogP) is 1.13. The fourth-order valence-electron chi connectivity index (χ4n) is 3.56. The van der Waals surface area contributed by atoms with Crippen LogP contribution in [0.15, 0.2) is 12.7 Å². The summed E-state index contributed by atoms with van der Waals surface area (Å²) in [6, 6.07) is -0.391. The summed E-state index contributed by atoms with van der Waals surface area (Å²) in [4.78, 5) is 42.3. The number of carbonyl (C=O) groups excluding carboxylic acids is 3. The second-order valence-electron chi connectivity index (χ2n) is 7.19. The second-order valence-corrected chi connectivity index (χ2v) is 7.19. The molecular formula is C18H29N3O3. The van der Waals surface area contributed by atoms with Gasteiger partial charge < -0.3 is 14.7 Å². The lowest BCUT2D eigenvalue weighted by Gasteiger charge is -2.42. The Kier molecular flexibility index (Phi) is 6.02. The van der Waals surface area contributed by atoms with Gasteiger partial charge in [0.25, 0.3) is 0 Å². The Labute approximate surface area is 144 Å². The van der Waals surface area contributed by atoms with Gasteiger partial charge in [-0.15, -0.1) is 0 Å². The summed E-state index contributed by atoms with van der Waals surface area (Å²) in [6.45, 7) is 12.6. The highest BCUT2D eigenvalue weighted by atomic mass is 16.2. The first-order valence-electron chi connectivity index (χ1n) is 8.85. The van der Waals surface area contributed by atoms with Crippen molar-refractivity contribution in [2.24, 2.45) is 11.8 Å². The van der Waals surface area contributed by atoms with Crippen LogP contribution < -0.4 is 0 Å². The summed E-state index contributed by atoms with van der Waals surface area (Å²) in [7, 11) is 0. The molecule has 0 aromatic rings. The van der Waals surface area contributed by atoms with Crippen molar-refractivity contribution in [3.63, 3.8) is 0 Å². The van der Waals surface area contributed by atoms with Crippen molar-refractivity contribution in [1.29, 1.82) is 0 Å². The van der Waals surface area contributed by atoms with Gasteiger partial charge in [0.15, 0.2) is 0 Å². The van der Waals surface area contributed by atoms with Crippen molar-refractivity contribution < 1.29 is 14.4 Å². The van der Waals surface area contributed by atoms with Crippen LogP contribution in [0.25, 0.3) is 0 Å². The Morgan fingerprint density at radius 3 is 2.38 bits per heavy atom. The standard InChI is InChI=1S/C18H29N3O3/c1-5-16(22)19-8-6-15(7-9-19)18(24)21-11-10-20(12-13(2)3)17(23)14(21)4/h5,13-15H,1,6-12H2,2-4H3. The fourth-order valence-corrected chi connectivity index (χ4v) is 3.56. The predicted molar refractivity (Wildman–Crippen MR) is 92.1 cm³/mol. The number of nitrogens with zero attached hydrogens (tertiary/aromatic N) is 3. The summed E-state index contributed by atoms with van der Waals surface area (Å²) >= 11 is 0. The molecule has 2 heterocycles. The molecule has 1 atom stereocenters. The van der Waals surface area contributed by atoms with Crippen LogP contribution in [0.4, 0.5) is 0 Å². The smallest absolute Gasteiger partial charge is 0.245 e. The van der Waals surface area contributed by atoms with Crippen molar-refractivity contribution in [3.8, 4) is 0 Å². The minimum absolute atomic E-state index is 0.0440. The minimum Gasteiger partial charge on any atom is -0.339 e. The Morgan fingerprint density at radius 1 is 1.21 bits per heavy atom. The van der Waals surface area contributed by atoms with Crippen molar-refractivity contribution in [3.05, 3.63) is 12.7 Å². The largest absolute Gasteiger partial charge is 0.339 e. The number of hydrogen-bond donors (Lipinski definition) is 0. The van der Waals surface area contributed by atoms with Crippen LogP contribution in [0.3, 0.4) is 0 Å². The van der Waals surface area contributed by atoms with Crippen LogP contribution >= 0.6 is 0 Å². The molecule has 2 aliphatic rings. The van der Waals surface area contributed by atoms with Crippen molar-refractivity contribution >= 4 is 17.7 Å². The summed E-state index contributed by atoms with van der Waals surface area (Å²) in [6.07, 6.45) is 2.63. The Morgan fingerprint density at radius 2 is 1.83 bits per heavy atom. The molecule has 0 aliphatic carbocycles. The zero-order chi connectivity index (χ0) is 17.9. The lowest BCUT2D eigenvalue weighted by molar-refractivity contribution is -0.154. The summed E-state index contributed by atoms with van der Waals surface area (Å²) in [5.74, 6) is 0.362. The minimum atomic E-state index is -0.391. The van der Waals surface area contributed by atoms with Gasteiger partial charge in [0.05, 0.1) is 0 Å². The first-order chi connectivity index (χ1) is 11.3. The second kappa shape index (κ2) is 7.81. The first kappa shape index (κ1) is 18.5. The molecule has 2 saturated heterocycles. The normalized spacial score (nSPS) is 22.9. The maximum Gasteiger partial charge on any atom is 0.245 e. The van der Waals surface area contributed by atoms with Crippen LogP contribution in [0.1, 0.15) is 33.6 Å². The molecule has 0 spiro atoms. The first-order valence-corrected chi connectivity index (χ1v) is 8.85. The van der Waals surface area contributed by atoms with Gasteiger partial charge in [0, 0.05) is 38.6 Å². The number of amides is 3. The molecule has 0 aromatic heterocycles. The number of rotatable bonds is 4. The lowest BCUT2D eigenvalue weighted by atomic mass is 9.94. The van der Waals surface area contributed by atoms with Crippen LogP contribution in [-0.4, -0.2) is 71.2 Å². The van der Waals surface area contributed by atoms with E-state index in [1.165, 1.54) is 6.08 Å². The topological polar surface area (TPSA) is 60.9 Å². The monoisotopic (exact) mass is 335 g/mol. The van der Waals surface area contributed by atoms with Gasteiger partial charge in [-0.05, 0) is 31.8 Å². The Balaban J connectivity index is 1.93. The van der Waals surface area contributed by atoms with E-state index >= 15 is 0 Å². The van der Waals surface area contributed by atoms with Gasteiger partial charge >= 0.3 is 0 Å². The van der Waals surface area contributed by atoms with Crippen LogP contribution in [-0.2, 0) is 14.4 Å². The van der Waals surface area contributed by atoms with Gasteiger partial charge in [-0.25, -0.2) is 0 Å². The van der Waals surface area contributed by atoms with E-state index in [0.717, 1.165) is 6.54 Å². The van der Waals surface area contributed by atoms with E-state index in [4.69, 9.17) is 0 Å². The van der Waals surface area contributed by atoms with Crippen LogP contribution in [0.5, 0.6) is 0 Å². The highest BCUT2D eigenvalue weighted by Gasteiger charge is 2.38. The number of carbonyl (C=O) groups is 3. The molecule has 1 unspecified atom stereocenters. The van der Waals surface area contributed by atoms with E-state index in [9.17, 15) is 14.4 Å². The molecule has 0 saturated carbocycles. The van der Waals surface area contributed by atoms with Gasteiger partial charge in [0.1, 0.15) is 6.04 Å².